The largest absolute Gasteiger partial charge is 0.469 e. The van der Waals surface area contributed by atoms with Crippen LogP contribution in [0.5, 0.6) is 0 Å². The number of esters is 4. The molecule has 9 unspecified atom stereocenters. The SMILES string of the molecule is C/C=C/C(=O)C1C(C)=CCCC1(C)C.C=C1CCCC(C)(C)C1C(=O)OC.C=CCCC(=O)C1=CCCC(C)(C)C1.CC(=O)/C(C)=C/C1C(C)=CCCC1(C)C.CC(=O)/C=C/C1C(C)=CCCC1(C)C.CC(=O)/C=C/[C@H]1C(C)=CCC(C)C1(C)C.CC1C(=O)OC2C[C@H](C)CC[C@H]21.CCC(=O)/C=C/C1=C(C)CCCC1(C)C.CCCCC1CCC(=O)O1.CCCCCC1CCCC(=O)O1. The summed E-state index contributed by atoms with van der Waals surface area (Å²) >= 11 is 0. The van der Waals surface area contributed by atoms with Gasteiger partial charge in [0.1, 0.15) is 18.3 Å². The lowest BCUT2D eigenvalue weighted by Crippen LogP contribution is -2.36. The monoisotopic (exact) mass is 1860 g/mol. The third-order valence-electron chi connectivity index (χ3n) is 30.3. The summed E-state index contributed by atoms with van der Waals surface area (Å²) in [4.78, 5) is 112. The number of Topliss-reactive ketones (excluding diaryl/α,β-unsaturated/α-hetero) is 2. The molecule has 0 aromatic carbocycles. The molecule has 14 heteroatoms. The highest BCUT2D eigenvalue weighted by molar-refractivity contribution is 5.96. The molecule has 756 valence electrons. The van der Waals surface area contributed by atoms with Crippen molar-refractivity contribution in [3.8, 4) is 0 Å². The molecule has 8 aliphatic carbocycles. The standard InChI is InChI=1S/3C14H22O.3C13H20O.C11H18O2.C10H16O2.C10H18O2.C8H14O2/c1-10-6-7-11(2)14(4,5)13(10)9-8-12(3)15;1-10-7-6-8-14(4,5)13(10)9-11(2)12(3)15;1-5-12(15)8-9-13-11(2)7-6-10-14(13,3)4;1-10-6-5-9-13(3,4)12(10)8-7-11(2)14;1-5-7-11(14)12-10(2)8-6-9-13(12,3)4;1-4-5-8-12(14)11-7-6-9-13(2,3)10-11;1-8-6-5-7-11(2,3)9(8)10(12)13-4;1-6-3-4-8-7(2)10(11)12-9(8)5-6;1-2-3-4-6-9-7-5-8-10(11)12-9;1-2-3-4-7-5-6-8(9)10-7/h6,8-9,11,13H,7H2,1-5H3;7,9,13H,6,8H2,1-5H3;8-9H,5-7,10H2,1-4H3;6-8,12H,5,9H2,1-4H3;5,7-8,12H,6,9H2,1-4H3;4,7H,1,5-6,8-10H2,2-3H3;9H,1,5-7H2,2-4H3;6-9H,3-5H2,1-2H3;9H,2-8H2,1H3;7H,2-6H2,1H3/b9-8+;11-9+;9-8+;8-7+;7-5+;;;;;/t11?,13-;;;;;;;6-,7?,8+,9?;;/m0......1../s1. The van der Waals surface area contributed by atoms with Crippen LogP contribution in [0, 0.1) is 91.2 Å². The molecule has 11 aliphatic rings. The van der Waals surface area contributed by atoms with Crippen LogP contribution >= 0.6 is 0 Å². The lowest BCUT2D eigenvalue weighted by atomic mass is 9.63. The molecule has 3 saturated heterocycles. The van der Waals surface area contributed by atoms with Gasteiger partial charge in [-0.25, -0.2) is 0 Å². The second-order valence-corrected chi connectivity index (χ2v) is 45.5. The van der Waals surface area contributed by atoms with Crippen molar-refractivity contribution in [3.05, 3.63) is 154 Å². The topological polar surface area (TPSA) is 208 Å². The molecule has 12 atom stereocenters. The van der Waals surface area contributed by atoms with Crippen LogP contribution in [-0.2, 0) is 66.9 Å². The Balaban J connectivity index is 0.000000505. The van der Waals surface area contributed by atoms with E-state index >= 15 is 0 Å². The molecule has 11 rings (SSSR count). The molecule has 5 fully saturated rings. The molecule has 0 aromatic heterocycles. The molecule has 0 bridgehead atoms. The fourth-order valence-electron chi connectivity index (χ4n) is 21.0. The number of ether oxygens (including phenoxy) is 4. The van der Waals surface area contributed by atoms with Crippen LogP contribution in [-0.4, -0.2) is 84.0 Å². The molecule has 0 aromatic rings. The summed E-state index contributed by atoms with van der Waals surface area (Å²) in [6, 6.07) is 0. The van der Waals surface area contributed by atoms with E-state index in [0.717, 1.165) is 119 Å². The smallest absolute Gasteiger partial charge is 0.313 e. The van der Waals surface area contributed by atoms with Gasteiger partial charge in [-0.15, -0.1) is 6.58 Å². The summed E-state index contributed by atoms with van der Waals surface area (Å²) in [6.07, 6.45) is 67.0. The molecule has 0 amide bonds. The summed E-state index contributed by atoms with van der Waals surface area (Å²) < 4.78 is 20.3. The first-order valence-corrected chi connectivity index (χ1v) is 52.0. The quantitative estimate of drug-likeness (QED) is 0.0307. The number of methoxy groups -OCH3 is 1. The zero-order chi connectivity index (χ0) is 102. The number of fused-ring (bicyclic) bond motifs is 1. The Kier molecular flexibility index (Phi) is 54.6. The van der Waals surface area contributed by atoms with E-state index in [0.29, 0.717) is 71.9 Å². The molecule has 2 saturated carbocycles. The van der Waals surface area contributed by atoms with Gasteiger partial charge in [-0.2, -0.15) is 0 Å². The third-order valence-corrected chi connectivity index (χ3v) is 30.3. The predicted molar refractivity (Wildman–Crippen MR) is 559 cm³/mol. The fourth-order valence-corrected chi connectivity index (χ4v) is 21.0. The molecule has 14 nitrogen and oxygen atoms in total. The number of hydrogen-bond donors (Lipinski definition) is 0. The third kappa shape index (κ3) is 43.3. The van der Waals surface area contributed by atoms with Crippen molar-refractivity contribution in [2.24, 2.45) is 91.2 Å². The second kappa shape index (κ2) is 59.7. The Hall–Kier alpha value is -7.48. The second-order valence-electron chi connectivity index (χ2n) is 45.5. The van der Waals surface area contributed by atoms with Gasteiger partial charge < -0.3 is 18.9 Å². The van der Waals surface area contributed by atoms with E-state index in [4.69, 9.17) is 18.9 Å². The van der Waals surface area contributed by atoms with Crippen LogP contribution in [0.1, 0.15) is 426 Å². The highest BCUT2D eigenvalue weighted by Crippen LogP contribution is 2.49. The van der Waals surface area contributed by atoms with Gasteiger partial charge >= 0.3 is 23.9 Å². The number of allylic oxidation sites excluding steroid dienone is 23. The van der Waals surface area contributed by atoms with Gasteiger partial charge in [0.2, 0.25) is 0 Å². The Morgan fingerprint density at radius 3 is 1.58 bits per heavy atom. The first-order chi connectivity index (χ1) is 62.5. The number of cyclic esters (lactones) is 2. The van der Waals surface area contributed by atoms with Crippen molar-refractivity contribution < 1.29 is 66.9 Å². The van der Waals surface area contributed by atoms with E-state index in [-0.39, 0.29) is 116 Å². The first kappa shape index (κ1) is 123. The van der Waals surface area contributed by atoms with Crippen LogP contribution in [0.2, 0.25) is 0 Å². The molecular formula is C120H192O14. The minimum atomic E-state index is -0.130. The zero-order valence-corrected chi connectivity index (χ0v) is 90.8. The van der Waals surface area contributed by atoms with Crippen molar-refractivity contribution >= 4 is 58.6 Å². The van der Waals surface area contributed by atoms with Crippen LogP contribution in [0.3, 0.4) is 0 Å². The summed E-state index contributed by atoms with van der Waals surface area (Å²) in [5, 5.41) is 0. The van der Waals surface area contributed by atoms with Crippen molar-refractivity contribution in [1.82, 2.24) is 0 Å². The van der Waals surface area contributed by atoms with E-state index in [1.165, 1.54) is 137 Å². The van der Waals surface area contributed by atoms with Crippen molar-refractivity contribution in [2.45, 2.75) is 444 Å². The van der Waals surface area contributed by atoms with Crippen molar-refractivity contribution in [2.75, 3.05) is 7.11 Å². The lowest BCUT2D eigenvalue weighted by molar-refractivity contribution is -0.154. The van der Waals surface area contributed by atoms with E-state index in [9.17, 15) is 47.9 Å². The molecular weight excluding hydrogens is 1670 g/mol. The number of carbonyl (C=O) groups is 10. The minimum Gasteiger partial charge on any atom is -0.469 e. The molecule has 134 heavy (non-hydrogen) atoms. The molecule has 0 N–H and O–H groups in total. The molecule has 3 heterocycles. The van der Waals surface area contributed by atoms with Crippen molar-refractivity contribution in [3.63, 3.8) is 0 Å². The van der Waals surface area contributed by atoms with Gasteiger partial charge in [0.05, 0.1) is 18.9 Å². The van der Waals surface area contributed by atoms with Gasteiger partial charge in [0.25, 0.3) is 0 Å². The Bertz CT molecular complexity index is 4170. The average Bonchev–Trinajstić information content (AvgIpc) is 1.21. The van der Waals surface area contributed by atoms with Gasteiger partial charge in [0.15, 0.2) is 34.7 Å². The number of ketones is 6. The predicted octanol–water partition coefficient (Wildman–Crippen LogP) is 31.5. The highest BCUT2D eigenvalue weighted by Gasteiger charge is 2.45. The highest BCUT2D eigenvalue weighted by atomic mass is 16.6. The zero-order valence-electron chi connectivity index (χ0n) is 90.8. The molecule has 0 radical (unpaired) electrons. The van der Waals surface area contributed by atoms with Gasteiger partial charge in [-0.05, 0) is 321 Å². The molecule has 0 spiro atoms. The number of carbonyl (C=O) groups excluding carboxylic acids is 10. The van der Waals surface area contributed by atoms with Gasteiger partial charge in [-0.3, -0.25) is 47.9 Å². The minimum absolute atomic E-state index is 0.00254. The Morgan fingerprint density at radius 2 is 1.07 bits per heavy atom. The van der Waals surface area contributed by atoms with Crippen LogP contribution in [0.15, 0.2) is 154 Å². The summed E-state index contributed by atoms with van der Waals surface area (Å²) in [6.45, 7) is 71.1. The van der Waals surface area contributed by atoms with E-state index in [1.807, 2.05) is 45.9 Å². The fraction of sp³-hybridized carbons (Fsp3) is 0.700. The summed E-state index contributed by atoms with van der Waals surface area (Å²) in [5.74, 6) is 4.47. The van der Waals surface area contributed by atoms with Crippen LogP contribution in [0.4, 0.5) is 0 Å². The summed E-state index contributed by atoms with van der Waals surface area (Å²) in [5.41, 5.74) is 12.8. The van der Waals surface area contributed by atoms with Crippen molar-refractivity contribution in [1.29, 1.82) is 0 Å². The summed E-state index contributed by atoms with van der Waals surface area (Å²) in [7, 11) is 1.44. The number of rotatable bonds is 23. The van der Waals surface area contributed by atoms with E-state index in [1.54, 1.807) is 45.1 Å². The maximum Gasteiger partial charge on any atom is 0.313 e. The lowest BCUT2D eigenvalue weighted by Gasteiger charge is -2.42. The normalized spacial score (nSPS) is 27.1. The maximum absolute atomic E-state index is 11.9. The average molecular weight is 1860 g/mol. The van der Waals surface area contributed by atoms with Crippen LogP contribution < -0.4 is 0 Å². The van der Waals surface area contributed by atoms with Gasteiger partial charge in [0, 0.05) is 55.3 Å². The van der Waals surface area contributed by atoms with E-state index in [2.05, 4.69) is 221 Å². The first-order valence-electron chi connectivity index (χ1n) is 52.0. The number of unbranched alkanes of at least 4 members (excludes halogenated alkanes) is 3. The van der Waals surface area contributed by atoms with Crippen LogP contribution in [0.25, 0.3) is 0 Å². The maximum atomic E-state index is 11.9. The van der Waals surface area contributed by atoms with E-state index < -0.39 is 0 Å². The Morgan fingerprint density at radius 1 is 0.545 bits per heavy atom. The Labute approximate surface area is 817 Å². The number of hydrogen-bond acceptors (Lipinski definition) is 14. The molecule has 3 aliphatic heterocycles. The van der Waals surface area contributed by atoms with Gasteiger partial charge in [-0.1, -0.05) is 277 Å².